The second-order valence-electron chi connectivity index (χ2n) is 9.05. The minimum Gasteiger partial charge on any atom is -0.384 e. The highest BCUT2D eigenvalue weighted by molar-refractivity contribution is 5.48. The van der Waals surface area contributed by atoms with Crippen molar-refractivity contribution in [3.8, 4) is 0 Å². The molecule has 2 saturated heterocycles. The van der Waals surface area contributed by atoms with Crippen LogP contribution in [0.25, 0.3) is 6.08 Å². The van der Waals surface area contributed by atoms with Crippen LogP contribution >= 0.6 is 0 Å². The topological polar surface area (TPSA) is 24.9 Å². The van der Waals surface area contributed by atoms with Crippen LogP contribution in [0.2, 0.25) is 0 Å². The average molecular weight is 403 g/mol. The number of methoxy groups -OCH3 is 1. The molecule has 4 nitrogen and oxygen atoms in total. The summed E-state index contributed by atoms with van der Waals surface area (Å²) in [5.74, 6) is 0.569. The number of rotatable bonds is 6. The maximum Gasteiger partial charge on any atom is 0.123 e. The fourth-order valence-electron chi connectivity index (χ4n) is 5.71. The molecule has 1 aromatic rings. The fourth-order valence-corrected chi connectivity index (χ4v) is 5.71. The summed E-state index contributed by atoms with van der Waals surface area (Å²) in [6.07, 6.45) is 9.42. The van der Waals surface area contributed by atoms with Crippen molar-refractivity contribution in [2.24, 2.45) is 11.3 Å². The van der Waals surface area contributed by atoms with E-state index in [0.29, 0.717) is 5.41 Å². The second-order valence-corrected chi connectivity index (χ2v) is 9.05. The number of fused-ring (bicyclic) bond motifs is 1. The zero-order valence-corrected chi connectivity index (χ0v) is 17.7. The molecule has 160 valence electrons. The summed E-state index contributed by atoms with van der Waals surface area (Å²) in [7, 11) is 1.85. The van der Waals surface area contributed by atoms with Gasteiger partial charge in [0.1, 0.15) is 5.82 Å². The lowest BCUT2D eigenvalue weighted by atomic mass is 9.62. The van der Waals surface area contributed by atoms with Crippen LogP contribution in [0.1, 0.15) is 31.2 Å². The molecule has 3 fully saturated rings. The van der Waals surface area contributed by atoms with E-state index in [9.17, 15) is 4.39 Å². The number of piperidine rings is 1. The van der Waals surface area contributed by atoms with Gasteiger partial charge in [0.15, 0.2) is 0 Å². The Morgan fingerprint density at radius 2 is 1.97 bits per heavy atom. The Morgan fingerprint density at radius 1 is 1.17 bits per heavy atom. The van der Waals surface area contributed by atoms with Crippen LogP contribution in [-0.2, 0) is 9.47 Å². The van der Waals surface area contributed by atoms with Gasteiger partial charge in [-0.05, 0) is 55.8 Å². The summed E-state index contributed by atoms with van der Waals surface area (Å²) < 4.78 is 24.4. The first-order chi connectivity index (χ1) is 14.2. The van der Waals surface area contributed by atoms with Gasteiger partial charge in [-0.2, -0.15) is 0 Å². The van der Waals surface area contributed by atoms with E-state index in [1.165, 1.54) is 37.8 Å². The molecule has 0 radical (unpaired) electrons. The van der Waals surface area contributed by atoms with Gasteiger partial charge in [-0.3, -0.25) is 9.80 Å². The molecule has 0 bridgehead atoms. The Balaban J connectivity index is 1.35. The molecular formula is C24H35FN2O2. The third kappa shape index (κ3) is 5.08. The summed E-state index contributed by atoms with van der Waals surface area (Å²) >= 11 is 0. The van der Waals surface area contributed by atoms with Gasteiger partial charge < -0.3 is 9.47 Å². The Kier molecular flexibility index (Phi) is 7.01. The lowest BCUT2D eigenvalue weighted by Crippen LogP contribution is -2.57. The third-order valence-corrected chi connectivity index (χ3v) is 7.27. The van der Waals surface area contributed by atoms with E-state index in [0.717, 1.165) is 70.1 Å². The molecule has 1 aromatic carbocycles. The number of hydrogen-bond donors (Lipinski definition) is 0. The summed E-state index contributed by atoms with van der Waals surface area (Å²) in [6, 6.07) is 7.42. The monoisotopic (exact) mass is 402 g/mol. The molecule has 3 atom stereocenters. The molecule has 2 heterocycles. The van der Waals surface area contributed by atoms with Crippen LogP contribution in [0.3, 0.4) is 0 Å². The Labute approximate surface area is 174 Å². The summed E-state index contributed by atoms with van der Waals surface area (Å²) in [5, 5.41) is 0. The molecule has 0 unspecified atom stereocenters. The highest BCUT2D eigenvalue weighted by Crippen LogP contribution is 2.47. The number of benzene rings is 1. The first kappa shape index (κ1) is 21.0. The Bertz CT molecular complexity index is 674. The fraction of sp³-hybridized carbons (Fsp3) is 0.667. The zero-order chi connectivity index (χ0) is 20.1. The van der Waals surface area contributed by atoms with Gasteiger partial charge in [0.2, 0.25) is 0 Å². The van der Waals surface area contributed by atoms with Gasteiger partial charge in [-0.25, -0.2) is 4.39 Å². The number of hydrogen-bond acceptors (Lipinski definition) is 4. The van der Waals surface area contributed by atoms with Gasteiger partial charge in [-0.1, -0.05) is 24.3 Å². The molecule has 1 aliphatic carbocycles. The zero-order valence-electron chi connectivity index (χ0n) is 17.7. The third-order valence-electron chi connectivity index (χ3n) is 7.27. The van der Waals surface area contributed by atoms with Crippen molar-refractivity contribution in [2.75, 3.05) is 59.7 Å². The Hall–Kier alpha value is -1.27. The maximum atomic E-state index is 13.1. The smallest absolute Gasteiger partial charge is 0.123 e. The number of morpholine rings is 1. The lowest BCUT2D eigenvalue weighted by molar-refractivity contribution is -0.0835. The molecular weight excluding hydrogens is 367 g/mol. The summed E-state index contributed by atoms with van der Waals surface area (Å²) in [4.78, 5) is 5.24. The molecule has 4 rings (SSSR count). The molecule has 2 aliphatic heterocycles. The quantitative estimate of drug-likeness (QED) is 0.725. The van der Waals surface area contributed by atoms with E-state index in [1.54, 1.807) is 0 Å². The Morgan fingerprint density at radius 3 is 2.72 bits per heavy atom. The van der Waals surface area contributed by atoms with Crippen LogP contribution in [0.4, 0.5) is 4.39 Å². The van der Waals surface area contributed by atoms with Crippen molar-refractivity contribution in [3.63, 3.8) is 0 Å². The molecule has 29 heavy (non-hydrogen) atoms. The molecule has 5 heteroatoms. The molecule has 3 aliphatic rings. The minimum atomic E-state index is -0.182. The van der Waals surface area contributed by atoms with E-state index < -0.39 is 0 Å². The van der Waals surface area contributed by atoms with E-state index in [4.69, 9.17) is 9.47 Å². The standard InChI is InChI=1S/C24H35FN2O2/c1-28-19-24-10-8-23(27-13-15-29-16-14-27)17-21(24)9-12-26(18-24)11-2-3-20-4-6-22(25)7-5-20/h2-7,21,23H,8-19H2,1H3/b3-2+/t21-,23-,24+/m1/s1. The predicted molar refractivity (Wildman–Crippen MR) is 114 cm³/mol. The average Bonchev–Trinajstić information content (AvgIpc) is 2.75. The van der Waals surface area contributed by atoms with E-state index in [2.05, 4.69) is 22.0 Å². The number of likely N-dealkylation sites (tertiary alicyclic amines) is 1. The summed E-state index contributed by atoms with van der Waals surface area (Å²) in [6.45, 7) is 8.05. The molecule has 0 aromatic heterocycles. The van der Waals surface area contributed by atoms with Gasteiger partial charge in [0.05, 0.1) is 19.8 Å². The summed E-state index contributed by atoms with van der Waals surface area (Å²) in [5.41, 5.74) is 1.35. The van der Waals surface area contributed by atoms with E-state index >= 15 is 0 Å². The van der Waals surface area contributed by atoms with E-state index in [1.807, 2.05) is 19.2 Å². The van der Waals surface area contributed by atoms with E-state index in [-0.39, 0.29) is 5.82 Å². The predicted octanol–water partition coefficient (Wildman–Crippen LogP) is 3.68. The van der Waals surface area contributed by atoms with Crippen LogP contribution in [0.5, 0.6) is 0 Å². The molecule has 0 amide bonds. The van der Waals surface area contributed by atoms with Crippen LogP contribution < -0.4 is 0 Å². The lowest BCUT2D eigenvalue weighted by Gasteiger charge is -2.54. The maximum absolute atomic E-state index is 13.1. The highest BCUT2D eigenvalue weighted by Gasteiger charge is 2.47. The number of nitrogens with zero attached hydrogens (tertiary/aromatic N) is 2. The van der Waals surface area contributed by atoms with Gasteiger partial charge in [-0.15, -0.1) is 0 Å². The number of halogens is 1. The van der Waals surface area contributed by atoms with Gasteiger partial charge >= 0.3 is 0 Å². The second kappa shape index (κ2) is 9.69. The van der Waals surface area contributed by atoms with Gasteiger partial charge in [0.25, 0.3) is 0 Å². The van der Waals surface area contributed by atoms with Crippen LogP contribution in [0, 0.1) is 17.2 Å². The molecule has 0 spiro atoms. The molecule has 1 saturated carbocycles. The van der Waals surface area contributed by atoms with Crippen LogP contribution in [0.15, 0.2) is 30.3 Å². The first-order valence-corrected chi connectivity index (χ1v) is 11.1. The minimum absolute atomic E-state index is 0.182. The van der Waals surface area contributed by atoms with Crippen molar-refractivity contribution in [3.05, 3.63) is 41.7 Å². The highest BCUT2D eigenvalue weighted by atomic mass is 19.1. The van der Waals surface area contributed by atoms with Crippen molar-refractivity contribution in [1.82, 2.24) is 9.80 Å². The van der Waals surface area contributed by atoms with Crippen molar-refractivity contribution < 1.29 is 13.9 Å². The van der Waals surface area contributed by atoms with Crippen molar-refractivity contribution in [2.45, 2.75) is 31.7 Å². The van der Waals surface area contributed by atoms with Gasteiger partial charge in [0, 0.05) is 44.7 Å². The van der Waals surface area contributed by atoms with Crippen molar-refractivity contribution >= 4 is 6.08 Å². The van der Waals surface area contributed by atoms with Crippen molar-refractivity contribution in [1.29, 1.82) is 0 Å². The number of ether oxygens (including phenoxy) is 2. The SMILES string of the molecule is COC[C@@]12CC[C@@H](N3CCOCC3)C[C@H]1CCN(C/C=C/c1ccc(F)cc1)C2. The normalized spacial score (nSPS) is 31.8. The first-order valence-electron chi connectivity index (χ1n) is 11.1. The largest absolute Gasteiger partial charge is 0.384 e. The molecule has 0 N–H and O–H groups in total. The van der Waals surface area contributed by atoms with Crippen LogP contribution in [-0.4, -0.2) is 75.5 Å².